The first kappa shape index (κ1) is 14.5. The third kappa shape index (κ3) is 3.36. The van der Waals surface area contributed by atoms with Crippen molar-refractivity contribution in [1.29, 1.82) is 0 Å². The highest BCUT2D eigenvalue weighted by Gasteiger charge is 2.04. The first-order chi connectivity index (χ1) is 9.47. The van der Waals surface area contributed by atoms with E-state index in [0.717, 1.165) is 21.2 Å². The minimum atomic E-state index is -0.0466. The minimum absolute atomic E-state index is 0.0466. The summed E-state index contributed by atoms with van der Waals surface area (Å²) >= 11 is 3.35. The molecule has 0 amide bonds. The average Bonchev–Trinajstić information content (AvgIpc) is 2.42. The van der Waals surface area contributed by atoms with Gasteiger partial charge in [-0.1, -0.05) is 34.1 Å². The van der Waals surface area contributed by atoms with Crippen LogP contribution in [0.5, 0.6) is 5.75 Å². The zero-order valence-electron chi connectivity index (χ0n) is 11.4. The van der Waals surface area contributed by atoms with Gasteiger partial charge in [0.1, 0.15) is 5.75 Å². The second-order valence-corrected chi connectivity index (χ2v) is 5.63. The van der Waals surface area contributed by atoms with Crippen LogP contribution < -0.4 is 0 Å². The highest BCUT2D eigenvalue weighted by atomic mass is 79.9. The maximum Gasteiger partial charge on any atom is 0.185 e. The van der Waals surface area contributed by atoms with Gasteiger partial charge >= 0.3 is 0 Å². The van der Waals surface area contributed by atoms with Gasteiger partial charge in [0.15, 0.2) is 5.78 Å². The van der Waals surface area contributed by atoms with E-state index in [4.69, 9.17) is 0 Å². The van der Waals surface area contributed by atoms with E-state index in [9.17, 15) is 9.90 Å². The molecule has 2 aromatic carbocycles. The lowest BCUT2D eigenvalue weighted by atomic mass is 10.0. The van der Waals surface area contributed by atoms with Gasteiger partial charge < -0.3 is 5.11 Å². The van der Waals surface area contributed by atoms with E-state index < -0.39 is 0 Å². The monoisotopic (exact) mass is 330 g/mol. The summed E-state index contributed by atoms with van der Waals surface area (Å²) in [7, 11) is 0. The van der Waals surface area contributed by atoms with E-state index in [1.165, 1.54) is 0 Å². The van der Waals surface area contributed by atoms with E-state index in [2.05, 4.69) is 15.9 Å². The van der Waals surface area contributed by atoms with Crippen LogP contribution in [0.4, 0.5) is 0 Å². The van der Waals surface area contributed by atoms with E-state index in [0.29, 0.717) is 11.3 Å². The average molecular weight is 331 g/mol. The smallest absolute Gasteiger partial charge is 0.185 e. The summed E-state index contributed by atoms with van der Waals surface area (Å²) in [4.78, 5) is 12.0. The Kier molecular flexibility index (Phi) is 4.40. The number of allylic oxidation sites excluding steroid dienone is 1. The molecule has 0 fully saturated rings. The van der Waals surface area contributed by atoms with E-state index in [1.807, 2.05) is 38.1 Å². The number of carbonyl (C=O) groups is 1. The van der Waals surface area contributed by atoms with Gasteiger partial charge in [-0.2, -0.15) is 0 Å². The fourth-order valence-electron chi connectivity index (χ4n) is 2.00. The molecule has 2 nitrogen and oxygen atoms in total. The number of rotatable bonds is 3. The zero-order chi connectivity index (χ0) is 14.7. The summed E-state index contributed by atoms with van der Waals surface area (Å²) in [6, 6.07) is 11.0. The van der Waals surface area contributed by atoms with Crippen LogP contribution in [-0.4, -0.2) is 10.9 Å². The lowest BCUT2D eigenvalue weighted by Gasteiger charge is -2.04. The number of halogens is 1. The molecule has 0 spiro atoms. The highest BCUT2D eigenvalue weighted by molar-refractivity contribution is 9.10. The van der Waals surface area contributed by atoms with Crippen LogP contribution in [0.25, 0.3) is 6.08 Å². The van der Waals surface area contributed by atoms with Gasteiger partial charge in [0.05, 0.1) is 0 Å². The standard InChI is InChI=1S/C17H15BrO2/c1-11-8-13(9-12(2)17(11)20)6-7-16(19)14-4-3-5-15(18)10-14/h3-10,20H,1-2H3/b7-6+. The Morgan fingerprint density at radius 3 is 2.40 bits per heavy atom. The van der Waals surface area contributed by atoms with Crippen LogP contribution >= 0.6 is 15.9 Å². The van der Waals surface area contributed by atoms with Crippen molar-refractivity contribution >= 4 is 27.8 Å². The molecular formula is C17H15BrO2. The maximum atomic E-state index is 12.0. The lowest BCUT2D eigenvalue weighted by Crippen LogP contribution is -1.93. The highest BCUT2D eigenvalue weighted by Crippen LogP contribution is 2.23. The van der Waals surface area contributed by atoms with Gasteiger partial charge in [-0.3, -0.25) is 4.79 Å². The van der Waals surface area contributed by atoms with E-state index >= 15 is 0 Å². The number of hydrogen-bond acceptors (Lipinski definition) is 2. The molecule has 0 saturated heterocycles. The largest absolute Gasteiger partial charge is 0.507 e. The van der Waals surface area contributed by atoms with Gasteiger partial charge in [-0.25, -0.2) is 0 Å². The molecule has 0 unspecified atom stereocenters. The van der Waals surface area contributed by atoms with Crippen molar-refractivity contribution in [3.05, 3.63) is 69.2 Å². The van der Waals surface area contributed by atoms with Crippen LogP contribution in [0.1, 0.15) is 27.0 Å². The van der Waals surface area contributed by atoms with Gasteiger partial charge in [0, 0.05) is 10.0 Å². The van der Waals surface area contributed by atoms with Crippen molar-refractivity contribution in [2.24, 2.45) is 0 Å². The van der Waals surface area contributed by atoms with Crippen molar-refractivity contribution in [1.82, 2.24) is 0 Å². The van der Waals surface area contributed by atoms with Crippen LogP contribution in [0, 0.1) is 13.8 Å². The SMILES string of the molecule is Cc1cc(/C=C/C(=O)c2cccc(Br)c2)cc(C)c1O. The predicted molar refractivity (Wildman–Crippen MR) is 85.1 cm³/mol. The normalized spacial score (nSPS) is 10.9. The Bertz CT molecular complexity index is 664. The predicted octanol–water partition coefficient (Wildman–Crippen LogP) is 4.67. The van der Waals surface area contributed by atoms with E-state index in [1.54, 1.807) is 24.3 Å². The Hall–Kier alpha value is -1.87. The van der Waals surface area contributed by atoms with Crippen LogP contribution in [0.3, 0.4) is 0 Å². The fraction of sp³-hybridized carbons (Fsp3) is 0.118. The van der Waals surface area contributed by atoms with Gasteiger partial charge in [-0.15, -0.1) is 0 Å². The number of ketones is 1. The molecule has 0 aliphatic rings. The molecule has 0 saturated carbocycles. The Morgan fingerprint density at radius 1 is 1.15 bits per heavy atom. The van der Waals surface area contributed by atoms with Crippen LogP contribution in [0.15, 0.2) is 46.9 Å². The molecule has 0 radical (unpaired) electrons. The quantitative estimate of drug-likeness (QED) is 0.656. The Balaban J connectivity index is 2.23. The third-order valence-corrected chi connectivity index (χ3v) is 3.54. The van der Waals surface area contributed by atoms with Crippen LogP contribution in [-0.2, 0) is 0 Å². The summed E-state index contributed by atoms with van der Waals surface area (Å²) in [5.74, 6) is 0.259. The molecule has 0 aliphatic carbocycles. The topological polar surface area (TPSA) is 37.3 Å². The molecule has 3 heteroatoms. The first-order valence-corrected chi connectivity index (χ1v) is 7.05. The maximum absolute atomic E-state index is 12.0. The fourth-order valence-corrected chi connectivity index (χ4v) is 2.39. The van der Waals surface area contributed by atoms with Crippen molar-refractivity contribution in [3.8, 4) is 5.75 Å². The molecule has 0 bridgehead atoms. The Labute approximate surface area is 126 Å². The molecule has 0 heterocycles. The molecule has 20 heavy (non-hydrogen) atoms. The number of carbonyl (C=O) groups excluding carboxylic acids is 1. The number of hydrogen-bond donors (Lipinski definition) is 1. The number of aromatic hydroxyl groups is 1. The van der Waals surface area contributed by atoms with Crippen molar-refractivity contribution < 1.29 is 9.90 Å². The zero-order valence-corrected chi connectivity index (χ0v) is 12.9. The van der Waals surface area contributed by atoms with Crippen molar-refractivity contribution in [2.45, 2.75) is 13.8 Å². The molecule has 2 aromatic rings. The summed E-state index contributed by atoms with van der Waals surface area (Å²) in [5.41, 5.74) is 3.16. The number of benzene rings is 2. The van der Waals surface area contributed by atoms with Gasteiger partial charge in [0.2, 0.25) is 0 Å². The second kappa shape index (κ2) is 6.06. The summed E-state index contributed by atoms with van der Waals surface area (Å²) < 4.78 is 0.882. The second-order valence-electron chi connectivity index (χ2n) is 4.71. The van der Waals surface area contributed by atoms with Crippen LogP contribution in [0.2, 0.25) is 0 Å². The van der Waals surface area contributed by atoms with Crippen molar-refractivity contribution in [2.75, 3.05) is 0 Å². The molecule has 0 atom stereocenters. The number of phenols is 1. The molecular weight excluding hydrogens is 316 g/mol. The lowest BCUT2D eigenvalue weighted by molar-refractivity contribution is 0.104. The number of aryl methyl sites for hydroxylation is 2. The third-order valence-electron chi connectivity index (χ3n) is 3.05. The van der Waals surface area contributed by atoms with Crippen molar-refractivity contribution in [3.63, 3.8) is 0 Å². The molecule has 2 rings (SSSR count). The summed E-state index contributed by atoms with van der Waals surface area (Å²) in [6.07, 6.45) is 3.32. The Morgan fingerprint density at radius 2 is 1.80 bits per heavy atom. The van der Waals surface area contributed by atoms with E-state index in [-0.39, 0.29) is 5.78 Å². The number of phenolic OH excluding ortho intramolecular Hbond substituents is 1. The van der Waals surface area contributed by atoms with Gasteiger partial charge in [-0.05, 0) is 60.9 Å². The first-order valence-electron chi connectivity index (χ1n) is 6.25. The summed E-state index contributed by atoms with van der Waals surface area (Å²) in [6.45, 7) is 3.69. The molecule has 0 aromatic heterocycles. The molecule has 0 aliphatic heterocycles. The molecule has 1 N–H and O–H groups in total. The van der Waals surface area contributed by atoms with Gasteiger partial charge in [0.25, 0.3) is 0 Å². The summed E-state index contributed by atoms with van der Waals surface area (Å²) in [5, 5.41) is 9.72. The molecule has 102 valence electrons. The minimum Gasteiger partial charge on any atom is -0.507 e.